The zero-order valence-corrected chi connectivity index (χ0v) is 6.47. The Balaban J connectivity index is 2.11. The Labute approximate surface area is 70.1 Å². The average molecular weight is 163 g/mol. The molecular weight excluding hydrogens is 154 g/mol. The van der Waals surface area contributed by atoms with E-state index in [1.807, 2.05) is 18.2 Å². The number of pyridine rings is 1. The lowest BCUT2D eigenvalue weighted by Gasteiger charge is -1.94. The van der Waals surface area contributed by atoms with Crippen LogP contribution in [0.5, 0.6) is 0 Å². The van der Waals surface area contributed by atoms with Gasteiger partial charge in [0.2, 0.25) is 0 Å². The third-order valence-electron chi connectivity index (χ3n) is 2.18. The number of rotatable bonds is 2. The summed E-state index contributed by atoms with van der Waals surface area (Å²) >= 11 is 0. The van der Waals surface area contributed by atoms with E-state index in [2.05, 4.69) is 4.98 Å². The smallest absolute Gasteiger partial charge is 0.307 e. The summed E-state index contributed by atoms with van der Waals surface area (Å²) in [5, 5.41) is 8.66. The maximum atomic E-state index is 10.5. The molecule has 0 aliphatic heterocycles. The van der Waals surface area contributed by atoms with Crippen LogP contribution in [0.4, 0.5) is 0 Å². The molecule has 0 spiro atoms. The highest BCUT2D eigenvalue weighted by Gasteiger charge is 2.44. The first-order valence-electron chi connectivity index (χ1n) is 3.93. The molecule has 1 aromatic heterocycles. The van der Waals surface area contributed by atoms with E-state index in [1.54, 1.807) is 6.20 Å². The van der Waals surface area contributed by atoms with Gasteiger partial charge in [0.15, 0.2) is 0 Å². The van der Waals surface area contributed by atoms with Gasteiger partial charge in [-0.25, -0.2) is 0 Å². The molecule has 2 rings (SSSR count). The first kappa shape index (κ1) is 7.28. The normalized spacial score (nSPS) is 26.7. The highest BCUT2D eigenvalue weighted by molar-refractivity contribution is 5.75. The van der Waals surface area contributed by atoms with E-state index in [-0.39, 0.29) is 11.8 Å². The molecule has 0 bridgehead atoms. The van der Waals surface area contributed by atoms with E-state index in [1.165, 1.54) is 0 Å². The minimum absolute atomic E-state index is 0.156. The van der Waals surface area contributed by atoms with Crippen molar-refractivity contribution in [2.45, 2.75) is 12.3 Å². The van der Waals surface area contributed by atoms with Crippen molar-refractivity contribution in [1.82, 2.24) is 4.98 Å². The van der Waals surface area contributed by atoms with Crippen molar-refractivity contribution in [2.24, 2.45) is 5.92 Å². The van der Waals surface area contributed by atoms with Crippen LogP contribution >= 0.6 is 0 Å². The number of carboxylic acids is 1. The maximum Gasteiger partial charge on any atom is 0.307 e. The minimum atomic E-state index is -0.703. The molecule has 1 aliphatic carbocycles. The van der Waals surface area contributed by atoms with Gasteiger partial charge in [-0.1, -0.05) is 6.07 Å². The van der Waals surface area contributed by atoms with Crippen LogP contribution in [0.3, 0.4) is 0 Å². The molecule has 62 valence electrons. The standard InChI is InChI=1S/C9H9NO2/c11-9(12)7-5-6(7)8-3-1-2-4-10-8/h1-4,6-7H,5H2,(H,11,12)/t6-,7-/m1/s1. The van der Waals surface area contributed by atoms with Gasteiger partial charge >= 0.3 is 5.97 Å². The van der Waals surface area contributed by atoms with E-state index in [9.17, 15) is 4.79 Å². The second kappa shape index (κ2) is 2.59. The van der Waals surface area contributed by atoms with Gasteiger partial charge < -0.3 is 5.11 Å². The van der Waals surface area contributed by atoms with Crippen molar-refractivity contribution in [3.63, 3.8) is 0 Å². The van der Waals surface area contributed by atoms with Crippen molar-refractivity contribution in [3.05, 3.63) is 30.1 Å². The van der Waals surface area contributed by atoms with Crippen LogP contribution in [-0.2, 0) is 4.79 Å². The number of nitrogens with zero attached hydrogens (tertiary/aromatic N) is 1. The topological polar surface area (TPSA) is 50.2 Å². The fourth-order valence-electron chi connectivity index (χ4n) is 1.39. The third-order valence-corrected chi connectivity index (χ3v) is 2.18. The number of carboxylic acid groups (broad SMARTS) is 1. The van der Waals surface area contributed by atoms with Crippen LogP contribution in [0.25, 0.3) is 0 Å². The zero-order valence-electron chi connectivity index (χ0n) is 6.47. The van der Waals surface area contributed by atoms with Gasteiger partial charge in [0.25, 0.3) is 0 Å². The molecule has 2 atom stereocenters. The Kier molecular flexibility index (Phi) is 1.57. The van der Waals surface area contributed by atoms with E-state index < -0.39 is 5.97 Å². The minimum Gasteiger partial charge on any atom is -0.481 e. The highest BCUT2D eigenvalue weighted by atomic mass is 16.4. The van der Waals surface area contributed by atoms with Crippen LogP contribution in [0, 0.1) is 5.92 Å². The summed E-state index contributed by atoms with van der Waals surface area (Å²) in [6.45, 7) is 0. The molecule has 12 heavy (non-hydrogen) atoms. The second-order valence-corrected chi connectivity index (χ2v) is 3.04. The molecule has 1 aliphatic rings. The van der Waals surface area contributed by atoms with Gasteiger partial charge in [-0.2, -0.15) is 0 Å². The molecule has 1 aromatic rings. The van der Waals surface area contributed by atoms with Crippen molar-refractivity contribution in [3.8, 4) is 0 Å². The van der Waals surface area contributed by atoms with E-state index in [0.29, 0.717) is 0 Å². The lowest BCUT2D eigenvalue weighted by Crippen LogP contribution is -1.99. The number of aliphatic carboxylic acids is 1. The summed E-state index contributed by atoms with van der Waals surface area (Å²) in [6, 6.07) is 5.61. The van der Waals surface area contributed by atoms with E-state index in [4.69, 9.17) is 5.11 Å². The number of hydrogen-bond donors (Lipinski definition) is 1. The Bertz CT molecular complexity index is 297. The molecule has 1 N–H and O–H groups in total. The molecule has 3 heteroatoms. The average Bonchev–Trinajstić information content (AvgIpc) is 2.84. The number of hydrogen-bond acceptors (Lipinski definition) is 2. The molecule has 1 saturated carbocycles. The van der Waals surface area contributed by atoms with Gasteiger partial charge in [0.1, 0.15) is 0 Å². The molecule has 0 radical (unpaired) electrons. The first-order chi connectivity index (χ1) is 5.79. The fraction of sp³-hybridized carbons (Fsp3) is 0.333. The van der Waals surface area contributed by atoms with Gasteiger partial charge in [-0.05, 0) is 18.6 Å². The van der Waals surface area contributed by atoms with Crippen LogP contribution in [0.2, 0.25) is 0 Å². The Morgan fingerprint density at radius 2 is 2.42 bits per heavy atom. The summed E-state index contributed by atoms with van der Waals surface area (Å²) in [5.74, 6) is -0.741. The predicted molar refractivity (Wildman–Crippen MR) is 42.7 cm³/mol. The molecule has 1 heterocycles. The SMILES string of the molecule is O=C(O)[C@@H]1C[C@H]1c1ccccn1. The van der Waals surface area contributed by atoms with Crippen molar-refractivity contribution < 1.29 is 9.90 Å². The third kappa shape index (κ3) is 1.18. The monoisotopic (exact) mass is 163 g/mol. The van der Waals surface area contributed by atoms with Gasteiger partial charge in [-0.15, -0.1) is 0 Å². The maximum absolute atomic E-state index is 10.5. The van der Waals surface area contributed by atoms with Crippen LogP contribution in [0.15, 0.2) is 24.4 Å². The van der Waals surface area contributed by atoms with E-state index >= 15 is 0 Å². The van der Waals surface area contributed by atoms with Crippen molar-refractivity contribution >= 4 is 5.97 Å². The van der Waals surface area contributed by atoms with Gasteiger partial charge in [0, 0.05) is 17.8 Å². The van der Waals surface area contributed by atoms with Crippen LogP contribution in [-0.4, -0.2) is 16.1 Å². The molecule has 3 nitrogen and oxygen atoms in total. The predicted octanol–water partition coefficient (Wildman–Crippen LogP) is 1.27. The highest BCUT2D eigenvalue weighted by Crippen LogP contribution is 2.46. The summed E-state index contributed by atoms with van der Waals surface area (Å²) in [6.07, 6.45) is 2.44. The molecule has 0 aromatic carbocycles. The quantitative estimate of drug-likeness (QED) is 0.714. The zero-order chi connectivity index (χ0) is 8.55. The van der Waals surface area contributed by atoms with Crippen LogP contribution in [0.1, 0.15) is 18.0 Å². The molecule has 0 unspecified atom stereocenters. The summed E-state index contributed by atoms with van der Waals surface area (Å²) in [5.41, 5.74) is 0.907. The lowest BCUT2D eigenvalue weighted by atomic mass is 10.2. The summed E-state index contributed by atoms with van der Waals surface area (Å²) < 4.78 is 0. The Morgan fingerprint density at radius 1 is 1.58 bits per heavy atom. The van der Waals surface area contributed by atoms with Gasteiger partial charge in [0.05, 0.1) is 5.92 Å². The largest absolute Gasteiger partial charge is 0.481 e. The summed E-state index contributed by atoms with van der Waals surface area (Å²) in [4.78, 5) is 14.6. The molecule has 0 amide bonds. The molecule has 0 saturated heterocycles. The number of carbonyl (C=O) groups is 1. The van der Waals surface area contributed by atoms with E-state index in [0.717, 1.165) is 12.1 Å². The van der Waals surface area contributed by atoms with Crippen molar-refractivity contribution in [1.29, 1.82) is 0 Å². The molecule has 1 fully saturated rings. The Hall–Kier alpha value is -1.38. The summed E-state index contributed by atoms with van der Waals surface area (Å²) in [7, 11) is 0. The van der Waals surface area contributed by atoms with Gasteiger partial charge in [-0.3, -0.25) is 9.78 Å². The lowest BCUT2D eigenvalue weighted by molar-refractivity contribution is -0.138. The van der Waals surface area contributed by atoms with Crippen molar-refractivity contribution in [2.75, 3.05) is 0 Å². The number of aromatic nitrogens is 1. The first-order valence-corrected chi connectivity index (χ1v) is 3.93. The fourth-order valence-corrected chi connectivity index (χ4v) is 1.39. The van der Waals surface area contributed by atoms with Crippen LogP contribution < -0.4 is 0 Å². The second-order valence-electron chi connectivity index (χ2n) is 3.04. The molecular formula is C9H9NO2. The Morgan fingerprint density at radius 3 is 2.92 bits per heavy atom.